The molecule has 0 atom stereocenters. The van der Waals surface area contributed by atoms with Gasteiger partial charge in [0.05, 0.1) is 39.1 Å². The van der Waals surface area contributed by atoms with Gasteiger partial charge in [0, 0.05) is 56.8 Å². The highest BCUT2D eigenvalue weighted by Crippen LogP contribution is 2.31. The van der Waals surface area contributed by atoms with Crippen molar-refractivity contribution < 1.29 is 0 Å². The molecule has 0 spiro atoms. The number of hydrogen-bond donors (Lipinski definition) is 0. The third-order valence-corrected chi connectivity index (χ3v) is 8.60. The van der Waals surface area contributed by atoms with E-state index in [9.17, 15) is 0 Å². The molecule has 0 aliphatic heterocycles. The zero-order chi connectivity index (χ0) is 30.5. The zero-order valence-electron chi connectivity index (χ0n) is 24.7. The van der Waals surface area contributed by atoms with E-state index in [1.54, 1.807) is 12.4 Å². The van der Waals surface area contributed by atoms with E-state index < -0.39 is 0 Å². The molecule has 9 aromatic rings. The van der Waals surface area contributed by atoms with Crippen LogP contribution in [0.25, 0.3) is 88.5 Å². The van der Waals surface area contributed by atoms with Gasteiger partial charge in [0.2, 0.25) is 0 Å². The molecule has 0 aliphatic carbocycles. The van der Waals surface area contributed by atoms with Gasteiger partial charge in [-0.2, -0.15) is 0 Å². The van der Waals surface area contributed by atoms with E-state index in [1.807, 2.05) is 24.4 Å². The lowest BCUT2D eigenvalue weighted by Gasteiger charge is -2.09. The van der Waals surface area contributed by atoms with Crippen molar-refractivity contribution in [3.63, 3.8) is 0 Å². The average molecular weight is 588 g/mol. The third kappa shape index (κ3) is 4.62. The molecule has 0 fully saturated rings. The van der Waals surface area contributed by atoms with Crippen molar-refractivity contribution in [2.45, 2.75) is 0 Å². The van der Waals surface area contributed by atoms with Gasteiger partial charge in [-0.3, -0.25) is 9.97 Å². The number of fused-ring (bicyclic) bond motifs is 5. The Hall–Kier alpha value is -6.33. The summed E-state index contributed by atoms with van der Waals surface area (Å²) in [5, 5.41) is 4.38. The highest BCUT2D eigenvalue weighted by molar-refractivity contribution is 6.03. The molecule has 0 bridgehead atoms. The minimum atomic E-state index is 0.919. The van der Waals surface area contributed by atoms with Crippen molar-refractivity contribution in [2.75, 3.05) is 0 Å². The second-order valence-electron chi connectivity index (χ2n) is 11.4. The quantitative estimate of drug-likeness (QED) is 0.192. The van der Waals surface area contributed by atoms with Crippen molar-refractivity contribution in [1.82, 2.24) is 24.9 Å². The van der Waals surface area contributed by atoms with Gasteiger partial charge in [0.25, 0.3) is 0 Å². The molecule has 0 unspecified atom stereocenters. The molecule has 214 valence electrons. The van der Waals surface area contributed by atoms with E-state index in [-0.39, 0.29) is 0 Å². The standard InChI is InChI=1S/C41H25N5/c1-2-31-9-10-32-15-18-36(46-41(32)40(31)43-21-1)27-5-3-26(4-6-27)33-11-7-28-14-17-37(45-38(28)24-33)34-12-8-29-13-16-35(44-39(29)25-34)30-19-22-42-23-20-30/h1-25H. The van der Waals surface area contributed by atoms with Gasteiger partial charge >= 0.3 is 0 Å². The van der Waals surface area contributed by atoms with Crippen LogP contribution in [0.5, 0.6) is 0 Å². The molecule has 0 N–H and O–H groups in total. The molecular weight excluding hydrogens is 562 g/mol. The Morgan fingerprint density at radius 2 is 0.826 bits per heavy atom. The lowest BCUT2D eigenvalue weighted by Crippen LogP contribution is -1.90. The molecule has 5 heterocycles. The fraction of sp³-hybridized carbons (Fsp3) is 0. The predicted molar refractivity (Wildman–Crippen MR) is 187 cm³/mol. The summed E-state index contributed by atoms with van der Waals surface area (Å²) in [7, 11) is 0. The van der Waals surface area contributed by atoms with Crippen LogP contribution in [0, 0.1) is 0 Å². The SMILES string of the molecule is c1cnc2c(c1)ccc1ccc(-c3ccc(-c4ccc5ccc(-c6ccc7ccc(-c8ccncc8)nc7c6)nc5c4)cc3)nc12. The van der Waals surface area contributed by atoms with Crippen LogP contribution in [-0.2, 0) is 0 Å². The van der Waals surface area contributed by atoms with E-state index in [4.69, 9.17) is 15.0 Å². The fourth-order valence-corrected chi connectivity index (χ4v) is 6.14. The molecule has 5 aromatic heterocycles. The summed E-state index contributed by atoms with van der Waals surface area (Å²) in [4.78, 5) is 23.8. The summed E-state index contributed by atoms with van der Waals surface area (Å²) >= 11 is 0. The van der Waals surface area contributed by atoms with E-state index in [0.29, 0.717) is 0 Å². The lowest BCUT2D eigenvalue weighted by molar-refractivity contribution is 1.31. The number of hydrogen-bond acceptors (Lipinski definition) is 5. The summed E-state index contributed by atoms with van der Waals surface area (Å²) in [6.45, 7) is 0. The number of benzene rings is 4. The van der Waals surface area contributed by atoms with Gasteiger partial charge in [-0.25, -0.2) is 15.0 Å². The van der Waals surface area contributed by atoms with E-state index in [0.717, 1.165) is 88.5 Å². The molecule has 0 radical (unpaired) electrons. The summed E-state index contributed by atoms with van der Waals surface area (Å²) < 4.78 is 0. The monoisotopic (exact) mass is 587 g/mol. The Balaban J connectivity index is 1.04. The smallest absolute Gasteiger partial charge is 0.0972 e. The maximum absolute atomic E-state index is 5.09. The second kappa shape index (κ2) is 10.7. The number of nitrogens with zero attached hydrogens (tertiary/aromatic N) is 5. The molecule has 5 nitrogen and oxygen atoms in total. The topological polar surface area (TPSA) is 64.5 Å². The van der Waals surface area contributed by atoms with Crippen molar-refractivity contribution in [3.05, 3.63) is 152 Å². The minimum Gasteiger partial charge on any atom is -0.265 e. The van der Waals surface area contributed by atoms with Gasteiger partial charge in [0.1, 0.15) is 0 Å². The molecule has 46 heavy (non-hydrogen) atoms. The van der Waals surface area contributed by atoms with Crippen LogP contribution in [0.3, 0.4) is 0 Å². The molecule has 9 rings (SSSR count). The van der Waals surface area contributed by atoms with Crippen LogP contribution in [0.15, 0.2) is 152 Å². The van der Waals surface area contributed by atoms with Crippen LogP contribution < -0.4 is 0 Å². The first kappa shape index (κ1) is 26.1. The van der Waals surface area contributed by atoms with Gasteiger partial charge in [-0.1, -0.05) is 84.9 Å². The molecule has 0 saturated carbocycles. The molecule has 0 aliphatic rings. The van der Waals surface area contributed by atoms with Gasteiger partial charge < -0.3 is 0 Å². The first-order valence-electron chi connectivity index (χ1n) is 15.2. The van der Waals surface area contributed by atoms with Crippen molar-refractivity contribution in [3.8, 4) is 44.9 Å². The molecular formula is C41H25N5. The minimum absolute atomic E-state index is 0.919. The Morgan fingerprint density at radius 3 is 1.57 bits per heavy atom. The number of rotatable bonds is 4. The fourth-order valence-electron chi connectivity index (χ4n) is 6.14. The molecule has 5 heteroatoms. The second-order valence-corrected chi connectivity index (χ2v) is 11.4. The molecule has 4 aromatic carbocycles. The predicted octanol–water partition coefficient (Wildman–Crippen LogP) is 9.94. The molecule has 0 amide bonds. The number of aromatic nitrogens is 5. The van der Waals surface area contributed by atoms with Crippen molar-refractivity contribution in [2.24, 2.45) is 0 Å². The highest BCUT2D eigenvalue weighted by Gasteiger charge is 2.09. The van der Waals surface area contributed by atoms with Crippen LogP contribution in [-0.4, -0.2) is 24.9 Å². The summed E-state index contributed by atoms with van der Waals surface area (Å²) in [5.74, 6) is 0. The van der Waals surface area contributed by atoms with Crippen LogP contribution in [0.2, 0.25) is 0 Å². The molecule has 0 saturated heterocycles. The van der Waals surface area contributed by atoms with E-state index in [1.165, 1.54) is 0 Å². The van der Waals surface area contributed by atoms with Crippen molar-refractivity contribution in [1.29, 1.82) is 0 Å². The lowest BCUT2D eigenvalue weighted by atomic mass is 10.00. The van der Waals surface area contributed by atoms with Crippen LogP contribution >= 0.6 is 0 Å². The van der Waals surface area contributed by atoms with Gasteiger partial charge in [-0.05, 0) is 59.7 Å². The largest absolute Gasteiger partial charge is 0.265 e. The maximum atomic E-state index is 5.09. The van der Waals surface area contributed by atoms with E-state index >= 15 is 0 Å². The van der Waals surface area contributed by atoms with Crippen molar-refractivity contribution >= 4 is 43.6 Å². The Morgan fingerprint density at radius 1 is 0.326 bits per heavy atom. The Bertz CT molecular complexity index is 2580. The third-order valence-electron chi connectivity index (χ3n) is 8.60. The van der Waals surface area contributed by atoms with Gasteiger partial charge in [-0.15, -0.1) is 0 Å². The zero-order valence-corrected chi connectivity index (χ0v) is 24.7. The van der Waals surface area contributed by atoms with Crippen LogP contribution in [0.1, 0.15) is 0 Å². The summed E-state index contributed by atoms with van der Waals surface area (Å²) in [6, 6.07) is 46.2. The highest BCUT2D eigenvalue weighted by atomic mass is 14.8. The Kier molecular flexibility index (Phi) is 6.06. The first-order chi connectivity index (χ1) is 22.7. The maximum Gasteiger partial charge on any atom is 0.0972 e. The van der Waals surface area contributed by atoms with Gasteiger partial charge in [0.15, 0.2) is 0 Å². The first-order valence-corrected chi connectivity index (χ1v) is 15.2. The summed E-state index contributed by atoms with van der Waals surface area (Å²) in [6.07, 6.45) is 5.41. The summed E-state index contributed by atoms with van der Waals surface area (Å²) in [5.41, 5.74) is 11.9. The Labute approximate surface area is 264 Å². The number of pyridine rings is 5. The van der Waals surface area contributed by atoms with E-state index in [2.05, 4.69) is 125 Å². The normalized spacial score (nSPS) is 11.5. The average Bonchev–Trinajstić information content (AvgIpc) is 3.14. The van der Waals surface area contributed by atoms with Crippen LogP contribution in [0.4, 0.5) is 0 Å².